The van der Waals surface area contributed by atoms with Crippen molar-refractivity contribution in [2.75, 3.05) is 13.2 Å². The number of hydrogen-bond acceptors (Lipinski definition) is 14. The third-order valence-electron chi connectivity index (χ3n) is 10.8. The summed E-state index contributed by atoms with van der Waals surface area (Å²) in [7, 11) is 0. The molecule has 15 nitrogen and oxygen atoms in total. The normalized spacial score (nSPS) is 29.4. The smallest absolute Gasteiger partial charge is 0.408 e. The van der Waals surface area contributed by atoms with Gasteiger partial charge in [-0.05, 0) is 77.8 Å². The van der Waals surface area contributed by atoms with Gasteiger partial charge in [0.25, 0.3) is 0 Å². The Morgan fingerprint density at radius 2 is 1.74 bits per heavy atom. The Morgan fingerprint density at radius 3 is 2.26 bits per heavy atom. The maximum absolute atomic E-state index is 14.5. The summed E-state index contributed by atoms with van der Waals surface area (Å²) in [5, 5.41) is 49.1. The number of allylic oxidation sites excluding steroid dienone is 2. The highest BCUT2D eigenvalue weighted by molar-refractivity contribution is 6.30. The minimum absolute atomic E-state index is 0.0263. The van der Waals surface area contributed by atoms with E-state index in [2.05, 4.69) is 5.32 Å². The number of alkyl carbamates (subject to hydrolysis) is 1. The Morgan fingerprint density at radius 1 is 1.09 bits per heavy atom. The highest BCUT2D eigenvalue weighted by atomic mass is 35.5. The Kier molecular flexibility index (Phi) is 13.5. The molecule has 8 atom stereocenters. The van der Waals surface area contributed by atoms with Crippen LogP contribution in [-0.4, -0.2) is 111 Å². The lowest BCUT2D eigenvalue weighted by Gasteiger charge is -2.60. The van der Waals surface area contributed by atoms with Crippen molar-refractivity contribution in [1.29, 1.82) is 0 Å². The molecule has 1 aromatic rings. The number of esters is 3. The molecule has 1 unspecified atom stereocenters. The van der Waals surface area contributed by atoms with Gasteiger partial charge in [0.15, 0.2) is 17.5 Å². The molecule has 1 aromatic carbocycles. The van der Waals surface area contributed by atoms with Crippen LogP contribution in [0.2, 0.25) is 5.02 Å². The van der Waals surface area contributed by atoms with Gasteiger partial charge in [0.1, 0.15) is 29.5 Å². The lowest BCUT2D eigenvalue weighted by atomic mass is 9.53. The van der Waals surface area contributed by atoms with Crippen LogP contribution in [0, 0.1) is 11.3 Å². The van der Waals surface area contributed by atoms with Crippen molar-refractivity contribution in [2.45, 2.75) is 129 Å². The van der Waals surface area contributed by atoms with Gasteiger partial charge in [-0.3, -0.25) is 9.59 Å². The minimum Gasteiger partial charge on any atom is -0.504 e. The molecule has 1 saturated heterocycles. The third kappa shape index (κ3) is 9.07. The number of ether oxygens (including phenoxy) is 5. The van der Waals surface area contributed by atoms with Crippen LogP contribution in [0.15, 0.2) is 58.4 Å². The summed E-state index contributed by atoms with van der Waals surface area (Å²) in [5.41, 5.74) is -6.35. The average molecular weight is 820 g/mol. The first-order valence-electron chi connectivity index (χ1n) is 18.6. The van der Waals surface area contributed by atoms with E-state index >= 15 is 0 Å². The number of amides is 1. The molecule has 16 heteroatoms. The number of carbonyl (C=O) groups is 5. The van der Waals surface area contributed by atoms with E-state index in [1.807, 2.05) is 0 Å². The molecule has 1 heterocycles. The van der Waals surface area contributed by atoms with Crippen molar-refractivity contribution in [3.63, 3.8) is 0 Å². The third-order valence-corrected chi connectivity index (χ3v) is 11.0. The van der Waals surface area contributed by atoms with Crippen LogP contribution in [0.25, 0.3) is 0 Å². The molecule has 0 saturated carbocycles. The summed E-state index contributed by atoms with van der Waals surface area (Å²) in [6.07, 6.45) is -6.50. The second kappa shape index (κ2) is 16.9. The van der Waals surface area contributed by atoms with Crippen LogP contribution in [0.1, 0.15) is 92.4 Å². The molecule has 3 aliphatic rings. The molecule has 1 fully saturated rings. The van der Waals surface area contributed by atoms with E-state index in [4.69, 9.17) is 35.3 Å². The first kappa shape index (κ1) is 45.4. The Labute approximate surface area is 337 Å². The highest BCUT2D eigenvalue weighted by Gasteiger charge is 2.69. The zero-order valence-electron chi connectivity index (χ0n) is 33.9. The molecule has 0 radical (unpaired) electrons. The summed E-state index contributed by atoms with van der Waals surface area (Å²) in [5.74, 6) is -6.31. The van der Waals surface area contributed by atoms with Gasteiger partial charge in [-0.25, -0.2) is 14.4 Å². The van der Waals surface area contributed by atoms with Crippen LogP contribution in [0.3, 0.4) is 0 Å². The van der Waals surface area contributed by atoms with Gasteiger partial charge in [0.05, 0.1) is 24.1 Å². The quantitative estimate of drug-likeness (QED) is 0.117. The number of hydrogen-bond donors (Lipinski definition) is 5. The minimum atomic E-state index is -2.38. The summed E-state index contributed by atoms with van der Waals surface area (Å²) < 4.78 is 29.2. The summed E-state index contributed by atoms with van der Waals surface area (Å²) in [4.78, 5) is 67.9. The van der Waals surface area contributed by atoms with Crippen molar-refractivity contribution in [1.82, 2.24) is 5.32 Å². The number of benzene rings is 1. The number of nitrogens with one attached hydrogen (secondary N) is 1. The molecule has 2 aliphatic carbocycles. The number of aliphatic hydroxyl groups is 4. The maximum Gasteiger partial charge on any atom is 0.408 e. The topological polar surface area (TPSA) is 224 Å². The second-order valence-electron chi connectivity index (χ2n) is 16.6. The largest absolute Gasteiger partial charge is 0.504 e. The van der Waals surface area contributed by atoms with Gasteiger partial charge in [-0.2, -0.15) is 0 Å². The first-order chi connectivity index (χ1) is 26.3. The monoisotopic (exact) mass is 819 g/mol. The lowest BCUT2D eigenvalue weighted by molar-refractivity contribution is -0.295. The van der Waals surface area contributed by atoms with Crippen molar-refractivity contribution < 1.29 is 68.1 Å². The number of fused-ring (bicyclic) bond motifs is 2. The predicted octanol–water partition coefficient (Wildman–Crippen LogP) is 4.59. The van der Waals surface area contributed by atoms with Gasteiger partial charge in [0, 0.05) is 42.4 Å². The lowest BCUT2D eigenvalue weighted by Crippen LogP contribution is -2.73. The van der Waals surface area contributed by atoms with Gasteiger partial charge in [0.2, 0.25) is 5.78 Å². The van der Waals surface area contributed by atoms with Crippen LogP contribution < -0.4 is 5.32 Å². The number of aliphatic hydroxyl groups excluding tert-OH is 3. The van der Waals surface area contributed by atoms with E-state index in [0.717, 1.165) is 6.92 Å². The van der Waals surface area contributed by atoms with Crippen molar-refractivity contribution >= 4 is 41.4 Å². The summed E-state index contributed by atoms with van der Waals surface area (Å²) in [6.45, 7) is 14.5. The zero-order valence-corrected chi connectivity index (χ0v) is 34.7. The van der Waals surface area contributed by atoms with E-state index < -0.39 is 107 Å². The molecular formula is C41H54ClNO14. The van der Waals surface area contributed by atoms with E-state index in [1.54, 1.807) is 34.6 Å². The van der Waals surface area contributed by atoms with E-state index in [-0.39, 0.29) is 40.3 Å². The SMILES string of the molecule is CC(=O)O[C@@]1(C2/C(C)=C(/O)C(=O)C3=C(C)[C@@H](OC(=O)[C@H](O)[C@H](C=C(C)C)NC(=O)OC(C)(C)C)C[C@@](O)([C@H]2OC(=O)c2cccc(Cl)c2)C3(C)C)CO[C@H]1CCO. The molecule has 1 amide bonds. The van der Waals surface area contributed by atoms with Crippen LogP contribution in [0.4, 0.5) is 4.79 Å². The molecular weight excluding hydrogens is 766 g/mol. The Balaban J connectivity index is 1.93. The van der Waals surface area contributed by atoms with Gasteiger partial charge in [-0.1, -0.05) is 43.2 Å². The molecule has 1 aliphatic heterocycles. The van der Waals surface area contributed by atoms with Crippen LogP contribution in [-0.2, 0) is 38.1 Å². The molecule has 5 N–H and O–H groups in total. The van der Waals surface area contributed by atoms with E-state index in [9.17, 15) is 44.4 Å². The maximum atomic E-state index is 14.5. The van der Waals surface area contributed by atoms with E-state index in [0.29, 0.717) is 5.57 Å². The van der Waals surface area contributed by atoms with Gasteiger partial charge < -0.3 is 49.4 Å². The number of ketones is 1. The Bertz CT molecular complexity index is 1870. The van der Waals surface area contributed by atoms with Crippen molar-refractivity contribution in [2.24, 2.45) is 11.3 Å². The van der Waals surface area contributed by atoms with Crippen molar-refractivity contribution in [3.05, 3.63) is 69.0 Å². The second-order valence-corrected chi connectivity index (χ2v) is 17.1. The molecule has 4 rings (SSSR count). The van der Waals surface area contributed by atoms with Gasteiger partial charge in [-0.15, -0.1) is 0 Å². The number of rotatable bonds is 11. The molecule has 314 valence electrons. The number of halogens is 1. The molecule has 0 aromatic heterocycles. The molecule has 57 heavy (non-hydrogen) atoms. The fourth-order valence-corrected chi connectivity index (χ4v) is 8.25. The van der Waals surface area contributed by atoms with Crippen LogP contribution in [0.5, 0.6) is 0 Å². The van der Waals surface area contributed by atoms with Crippen LogP contribution >= 0.6 is 11.6 Å². The predicted molar refractivity (Wildman–Crippen MR) is 205 cm³/mol. The Hall–Kier alpha value is -4.28. The van der Waals surface area contributed by atoms with E-state index in [1.165, 1.54) is 58.0 Å². The molecule has 2 bridgehead atoms. The first-order valence-corrected chi connectivity index (χ1v) is 19.0. The summed E-state index contributed by atoms with van der Waals surface area (Å²) >= 11 is 6.21. The number of carbonyl (C=O) groups excluding carboxylic acids is 5. The standard InChI is InChI=1S/C41H54ClNO14/c1-20(2)16-26(43-37(51)57-38(6,7)8)32(47)36(50)54-27-18-41(52)34(55-35(49)24-12-11-13-25(42)17-24)30(40(56-23(5)45)19-53-28(40)14-15-44)22(4)31(46)33(48)29(21(27)3)39(41,9)10/h11-13,16-17,26-28,30,32,34,44,46-47,52H,14-15,18-19H2,1-10H3,(H,43,51)/b31-22+/t26-,27-,28-,30?,32+,34-,40-,41+/m0/s1. The fourth-order valence-electron chi connectivity index (χ4n) is 8.06. The molecule has 0 spiro atoms. The zero-order chi connectivity index (χ0) is 43.0. The fraction of sp³-hybridized carbons (Fsp3) is 0.585. The highest BCUT2D eigenvalue weighted by Crippen LogP contribution is 2.58. The average Bonchev–Trinajstić information content (AvgIpc) is 3.08. The van der Waals surface area contributed by atoms with Crippen molar-refractivity contribution in [3.8, 4) is 0 Å². The number of Topliss-reactive ketones (excluding diaryl/α,β-unsaturated/α-hetero) is 1. The van der Waals surface area contributed by atoms with Gasteiger partial charge >= 0.3 is 24.0 Å². The summed E-state index contributed by atoms with van der Waals surface area (Å²) in [6, 6.07) is 4.46.